The molecule has 12 heteroatoms. The zero-order valence-electron chi connectivity index (χ0n) is 23.8. The second kappa shape index (κ2) is 10.7. The maximum absolute atomic E-state index is 14.1. The van der Waals surface area contributed by atoms with E-state index in [1.807, 2.05) is 37.3 Å². The molecule has 2 aliphatic carbocycles. The van der Waals surface area contributed by atoms with Crippen LogP contribution in [0.15, 0.2) is 81.0 Å². The zero-order valence-corrected chi connectivity index (χ0v) is 27.1. The van der Waals surface area contributed by atoms with Crippen molar-refractivity contribution in [2.45, 2.75) is 36.1 Å². The van der Waals surface area contributed by atoms with Crippen molar-refractivity contribution in [2.24, 2.45) is 29.6 Å². The molecular weight excluding hydrogens is 678 g/mol. The van der Waals surface area contributed by atoms with Gasteiger partial charge in [0.15, 0.2) is 0 Å². The van der Waals surface area contributed by atoms with Crippen LogP contribution < -0.4 is 14.5 Å². The van der Waals surface area contributed by atoms with Gasteiger partial charge in [0.1, 0.15) is 12.4 Å². The van der Waals surface area contributed by atoms with E-state index in [9.17, 15) is 24.5 Å². The topological polar surface area (TPSA) is 123 Å². The molecule has 1 aromatic heterocycles. The molecule has 2 saturated carbocycles. The predicted molar refractivity (Wildman–Crippen MR) is 174 cm³/mol. The number of carbonyl (C=O) groups is 2. The molecule has 228 valence electrons. The number of aromatic nitrogens is 1. The van der Waals surface area contributed by atoms with Crippen molar-refractivity contribution < 1.29 is 19.2 Å². The number of hydrogen-bond acceptors (Lipinski definition) is 8. The summed E-state index contributed by atoms with van der Waals surface area (Å²) in [5.41, 5.74) is 3.42. The van der Waals surface area contributed by atoms with Crippen molar-refractivity contribution in [1.29, 1.82) is 0 Å². The van der Waals surface area contributed by atoms with Crippen molar-refractivity contribution in [3.8, 4) is 5.75 Å². The number of nitrogens with one attached hydrogen (secondary N) is 1. The molecule has 1 saturated heterocycles. The number of hydrogen-bond donors (Lipinski definition) is 1. The molecule has 45 heavy (non-hydrogen) atoms. The number of carbonyl (C=O) groups excluding carboxylic acids is 2. The number of non-ortho nitro benzene ring substituents is 1. The summed E-state index contributed by atoms with van der Waals surface area (Å²) >= 11 is 6.50. The van der Waals surface area contributed by atoms with Gasteiger partial charge in [-0.3, -0.25) is 29.4 Å². The van der Waals surface area contributed by atoms with Crippen LogP contribution in [0.4, 0.5) is 11.4 Å². The number of nitrogens with zero attached hydrogens (tertiary/aromatic N) is 2. The SMILES string of the molecule is Cc1cccc(COc2ccc(Br)cc2[C@H]2c3sc(=O)[nH]c3SC3C4CC(C5C(=O)N(c6ccc([N+](=O)[O-])cc6)C(=O)C45)C32)c1. The van der Waals surface area contributed by atoms with Gasteiger partial charge in [0.05, 0.1) is 27.5 Å². The molecule has 9 nitrogen and oxygen atoms in total. The van der Waals surface area contributed by atoms with Crippen LogP contribution in [0.2, 0.25) is 0 Å². The van der Waals surface area contributed by atoms with Crippen molar-refractivity contribution in [2.75, 3.05) is 4.90 Å². The minimum absolute atomic E-state index is 0.00406. The van der Waals surface area contributed by atoms with E-state index in [4.69, 9.17) is 4.74 Å². The van der Waals surface area contributed by atoms with E-state index in [2.05, 4.69) is 33.0 Å². The Morgan fingerprint density at radius 1 is 1.02 bits per heavy atom. The van der Waals surface area contributed by atoms with E-state index >= 15 is 0 Å². The average Bonchev–Trinajstić information content (AvgIpc) is 3.75. The third-order valence-electron chi connectivity index (χ3n) is 9.83. The van der Waals surface area contributed by atoms with Gasteiger partial charge in [-0.1, -0.05) is 57.1 Å². The number of nitro benzene ring substituents is 1. The Labute approximate surface area is 274 Å². The molecule has 8 rings (SSSR count). The number of H-pyrrole nitrogens is 1. The number of imide groups is 1. The van der Waals surface area contributed by atoms with Crippen LogP contribution in [-0.2, 0) is 16.2 Å². The van der Waals surface area contributed by atoms with Crippen LogP contribution in [-0.4, -0.2) is 27.0 Å². The molecule has 3 aromatic carbocycles. The summed E-state index contributed by atoms with van der Waals surface area (Å²) in [5.74, 6) is -1.02. The quantitative estimate of drug-likeness (QED) is 0.135. The van der Waals surface area contributed by atoms with Gasteiger partial charge in [-0.05, 0) is 67.0 Å². The molecule has 2 bridgehead atoms. The molecule has 4 aliphatic rings. The van der Waals surface area contributed by atoms with Crippen LogP contribution in [0.25, 0.3) is 0 Å². The van der Waals surface area contributed by atoms with Gasteiger partial charge < -0.3 is 9.72 Å². The highest BCUT2D eigenvalue weighted by Gasteiger charge is 2.69. The fourth-order valence-electron chi connectivity index (χ4n) is 8.20. The summed E-state index contributed by atoms with van der Waals surface area (Å²) in [4.78, 5) is 56.5. The largest absolute Gasteiger partial charge is 0.489 e. The number of ether oxygens (including phenoxy) is 1. The third kappa shape index (κ3) is 4.51. The molecule has 2 amide bonds. The smallest absolute Gasteiger partial charge is 0.305 e. The van der Waals surface area contributed by atoms with Crippen LogP contribution in [0, 0.1) is 46.6 Å². The standard InChI is InChI=1S/C33H26BrN3O6S2/c1-15-3-2-4-16(11-15)14-43-23-10-5-17(34)12-20(23)24-25-21-13-22(28(25)44-30-29(24)45-33(40)35-30)27-26(21)31(38)36(32(27)39)18-6-8-19(9-7-18)37(41)42/h2-12,21-22,24-28H,13-14H2,1H3,(H,35,40)/t21?,22?,24-,25?,26?,27?,28?/m1/s1. The van der Waals surface area contributed by atoms with Crippen molar-refractivity contribution in [1.82, 2.24) is 4.98 Å². The molecule has 0 spiro atoms. The maximum atomic E-state index is 14.1. The molecule has 3 fully saturated rings. The molecule has 6 unspecified atom stereocenters. The van der Waals surface area contributed by atoms with Gasteiger partial charge in [-0.15, -0.1) is 11.8 Å². The molecule has 3 heterocycles. The fourth-order valence-corrected chi connectivity index (χ4v) is 11.5. The number of halogens is 1. The summed E-state index contributed by atoms with van der Waals surface area (Å²) in [6.07, 6.45) is 0.756. The summed E-state index contributed by atoms with van der Waals surface area (Å²) in [6.45, 7) is 2.43. The fraction of sp³-hybridized carbons (Fsp3) is 0.303. The summed E-state index contributed by atoms with van der Waals surface area (Å²) in [6, 6.07) is 19.7. The van der Waals surface area contributed by atoms with Crippen molar-refractivity contribution >= 4 is 62.2 Å². The Morgan fingerprint density at radius 3 is 2.51 bits per heavy atom. The summed E-state index contributed by atoms with van der Waals surface area (Å²) in [7, 11) is 0. The van der Waals surface area contributed by atoms with E-state index in [1.54, 1.807) is 11.8 Å². The minimum atomic E-state index is -0.502. The van der Waals surface area contributed by atoms with Gasteiger partial charge in [0.2, 0.25) is 11.8 Å². The predicted octanol–water partition coefficient (Wildman–Crippen LogP) is 6.67. The van der Waals surface area contributed by atoms with Crippen molar-refractivity contribution in [3.05, 3.63) is 113 Å². The molecule has 4 aromatic rings. The number of thiazole rings is 1. The molecule has 0 radical (unpaired) electrons. The lowest BCUT2D eigenvalue weighted by Crippen LogP contribution is -2.42. The molecule has 1 N–H and O–H groups in total. The monoisotopic (exact) mass is 703 g/mol. The highest BCUT2D eigenvalue weighted by Crippen LogP contribution is 2.69. The normalized spacial score (nSPS) is 27.8. The Morgan fingerprint density at radius 2 is 1.78 bits per heavy atom. The number of amides is 2. The molecular formula is C33H26BrN3O6S2. The maximum Gasteiger partial charge on any atom is 0.305 e. The van der Waals surface area contributed by atoms with Crippen LogP contribution in [0.5, 0.6) is 5.75 Å². The first kappa shape index (κ1) is 28.7. The minimum Gasteiger partial charge on any atom is -0.489 e. The van der Waals surface area contributed by atoms with E-state index in [-0.39, 0.29) is 51.3 Å². The lowest BCUT2D eigenvalue weighted by molar-refractivity contribution is -0.384. The first-order valence-corrected chi connectivity index (χ1v) is 17.2. The second-order valence-electron chi connectivity index (χ2n) is 12.2. The summed E-state index contributed by atoms with van der Waals surface area (Å²) < 4.78 is 7.36. The van der Waals surface area contributed by atoms with Gasteiger partial charge in [-0.25, -0.2) is 0 Å². The number of aromatic amines is 1. The summed E-state index contributed by atoms with van der Waals surface area (Å²) in [5, 5.41) is 12.0. The Hall–Kier alpha value is -3.74. The number of fused-ring (bicyclic) bond motifs is 9. The number of benzene rings is 3. The van der Waals surface area contributed by atoms with E-state index in [0.717, 1.165) is 43.2 Å². The van der Waals surface area contributed by atoms with Crippen LogP contribution in [0.1, 0.15) is 33.9 Å². The highest BCUT2D eigenvalue weighted by atomic mass is 79.9. The number of aryl methyl sites for hydroxylation is 1. The highest BCUT2D eigenvalue weighted by molar-refractivity contribution is 9.10. The number of thioether (sulfide) groups is 1. The first-order chi connectivity index (χ1) is 21.7. The Bertz CT molecular complexity index is 1960. The van der Waals surface area contributed by atoms with Gasteiger partial charge in [0.25, 0.3) is 5.69 Å². The van der Waals surface area contributed by atoms with E-state index in [0.29, 0.717) is 12.3 Å². The first-order valence-electron chi connectivity index (χ1n) is 14.7. The van der Waals surface area contributed by atoms with E-state index in [1.165, 1.54) is 40.5 Å². The lowest BCUT2D eigenvalue weighted by Gasteiger charge is -2.43. The Kier molecular flexibility index (Phi) is 6.81. The second-order valence-corrected chi connectivity index (χ2v) is 15.3. The van der Waals surface area contributed by atoms with E-state index < -0.39 is 16.8 Å². The van der Waals surface area contributed by atoms with Gasteiger partial charge in [-0.2, -0.15) is 0 Å². The van der Waals surface area contributed by atoms with Gasteiger partial charge >= 0.3 is 4.87 Å². The zero-order chi connectivity index (χ0) is 31.1. The third-order valence-corrected chi connectivity index (χ3v) is 12.9. The number of rotatable bonds is 6. The lowest BCUT2D eigenvalue weighted by atomic mass is 9.68. The average molecular weight is 705 g/mol. The molecule has 7 atom stereocenters. The number of nitro groups is 1. The molecule has 2 aliphatic heterocycles. The van der Waals surface area contributed by atoms with Gasteiger partial charge in [0, 0.05) is 38.2 Å². The van der Waals surface area contributed by atoms with Crippen LogP contribution >= 0.6 is 39.0 Å². The number of anilines is 1. The van der Waals surface area contributed by atoms with Crippen LogP contribution in [0.3, 0.4) is 0 Å². The Balaban J connectivity index is 1.18. The van der Waals surface area contributed by atoms with Crippen molar-refractivity contribution in [3.63, 3.8) is 0 Å².